The number of hydrogen-bond donors (Lipinski definition) is 0. The Balaban J connectivity index is 0.000000110. The Morgan fingerprint density at radius 2 is 0.578 bits per heavy atom. The summed E-state index contributed by atoms with van der Waals surface area (Å²) in [5, 5.41) is 10.2. The van der Waals surface area contributed by atoms with Crippen LogP contribution in [0.15, 0.2) is 235 Å². The summed E-state index contributed by atoms with van der Waals surface area (Å²) in [6.07, 6.45) is 8.93. The van der Waals surface area contributed by atoms with Crippen LogP contribution in [-0.2, 0) is 0 Å². The molecule has 5 aliphatic heterocycles. The molecular weight excluding hydrogens is 1590 g/mol. The molecular formula is C107H112N16O5. The molecule has 18 aromatic rings. The largest absolute Gasteiger partial charge is 0.435 e. The number of furan rings is 5. The number of fused-ring (bicyclic) bond motifs is 18. The van der Waals surface area contributed by atoms with Gasteiger partial charge in [0, 0.05) is 154 Å². The Hall–Kier alpha value is -14.1. The third kappa shape index (κ3) is 13.9. The van der Waals surface area contributed by atoms with Crippen LogP contribution in [0.2, 0.25) is 0 Å². The molecule has 0 spiro atoms. The van der Waals surface area contributed by atoms with Gasteiger partial charge in [0.05, 0.1) is 61.0 Å². The number of aryl methyl sites for hydroxylation is 10. The first-order valence-electron chi connectivity index (χ1n) is 48.2. The molecule has 0 saturated heterocycles. The highest BCUT2D eigenvalue weighted by molar-refractivity contribution is 6.14. The first-order valence-corrected chi connectivity index (χ1v) is 43.7. The van der Waals surface area contributed by atoms with Crippen molar-refractivity contribution in [2.24, 2.45) is 0 Å². The standard InChI is InChI=1S/C24H25N3O.C22H21N3O.C21H20N4O.2C20H23N3O/c1-14(2)26-17(5)27(21-9-7-6-8-20(21)26)22-15(3)10-12-18-19-13-11-16(4)25-24(19)28-23(18)22;1-13-9-11-16-17-12-10-14(2)23-22(17)26-21(16)20(13)25-15(3)24(4)18-7-5-6-8-19(18)25;1-12-7-9-15-16-10-8-13(2)23-21(16)26-19(15)18(12)25-14(3)24(4)17-6-5-11-22-20(17)25;2*1-12(2)22-10-11-23(15(22)5)18-13(3)6-8-16-17-9-7-14(4)21-20(17)24-19(16)18/h6-14,17H,1-5H3;5-12,15H,1-4H3;5-11,14H,1-4H3;2*6-12,15H,1-5H3/i14D;2*4D3;2*12D. The predicted molar refractivity (Wildman–Crippen MR) is 527 cm³/mol. The number of nitrogens with zero attached hydrogens (tertiary/aromatic N) is 16. The highest BCUT2D eigenvalue weighted by atomic mass is 16.4. The molecule has 7 aromatic carbocycles. The molecule has 128 heavy (non-hydrogen) atoms. The molecule has 16 heterocycles. The third-order valence-corrected chi connectivity index (χ3v) is 25.5. The van der Waals surface area contributed by atoms with E-state index in [4.69, 9.17) is 34.4 Å². The van der Waals surface area contributed by atoms with Gasteiger partial charge in [-0.05, 0) is 270 Å². The van der Waals surface area contributed by atoms with Crippen LogP contribution in [0.1, 0.15) is 145 Å². The van der Waals surface area contributed by atoms with E-state index in [1.54, 1.807) is 18.3 Å². The Morgan fingerprint density at radius 1 is 0.289 bits per heavy atom. The van der Waals surface area contributed by atoms with Crippen LogP contribution in [0, 0.1) is 69.2 Å². The van der Waals surface area contributed by atoms with E-state index in [2.05, 4.69) is 175 Å². The summed E-state index contributed by atoms with van der Waals surface area (Å²) in [7, 11) is 0. The lowest BCUT2D eigenvalue weighted by atomic mass is 10.1. The summed E-state index contributed by atoms with van der Waals surface area (Å²) in [6.45, 7) is 37.2. The number of benzene rings is 7. The van der Waals surface area contributed by atoms with Crippen molar-refractivity contribution in [1.29, 1.82) is 0 Å². The molecule has 5 unspecified atom stereocenters. The van der Waals surface area contributed by atoms with Crippen molar-refractivity contribution in [2.45, 2.75) is 194 Å². The van der Waals surface area contributed by atoms with Gasteiger partial charge in [0.1, 0.15) is 30.8 Å². The maximum absolute atomic E-state index is 8.74. The first-order chi connectivity index (χ1) is 64.8. The monoisotopic (exact) mass is 1710 g/mol. The van der Waals surface area contributed by atoms with Crippen LogP contribution in [0.5, 0.6) is 0 Å². The Bertz CT molecular complexity index is 7280. The van der Waals surface area contributed by atoms with Crippen LogP contribution < -0.4 is 39.2 Å². The zero-order valence-electron chi connectivity index (χ0n) is 85.3. The van der Waals surface area contributed by atoms with Crippen molar-refractivity contribution in [3.8, 4) is 0 Å². The molecule has 0 radical (unpaired) electrons. The van der Waals surface area contributed by atoms with Crippen molar-refractivity contribution in [3.05, 3.63) is 269 Å². The summed E-state index contributed by atoms with van der Waals surface area (Å²) in [5.74, 6) is 0.608. The molecule has 0 fully saturated rings. The van der Waals surface area contributed by atoms with Crippen molar-refractivity contribution < 1.29 is 34.4 Å². The molecule has 5 atom stereocenters. The van der Waals surface area contributed by atoms with Crippen LogP contribution >= 0.6 is 0 Å². The second-order valence-corrected chi connectivity index (χ2v) is 34.8. The molecule has 650 valence electrons. The minimum Gasteiger partial charge on any atom is -0.435 e. The molecule has 0 saturated carbocycles. The van der Waals surface area contributed by atoms with Gasteiger partial charge < -0.3 is 71.1 Å². The zero-order chi connectivity index (χ0) is 97.4. The quantitative estimate of drug-likeness (QED) is 0.140. The lowest BCUT2D eigenvalue weighted by molar-refractivity contribution is 0.263. The normalized spacial score (nSPS) is 18.6. The predicted octanol–water partition coefficient (Wildman–Crippen LogP) is 26.7. The number of rotatable bonds is 8. The fourth-order valence-electron chi connectivity index (χ4n) is 19.2. The van der Waals surface area contributed by atoms with E-state index in [1.165, 1.54) is 9.80 Å². The Morgan fingerprint density at radius 3 is 0.922 bits per heavy atom. The minimum absolute atomic E-state index is 0.0212. The summed E-state index contributed by atoms with van der Waals surface area (Å²) in [5.41, 5.74) is 26.3. The van der Waals surface area contributed by atoms with Gasteiger partial charge in [0.25, 0.3) is 0 Å². The minimum atomic E-state index is -2.29. The lowest BCUT2D eigenvalue weighted by Gasteiger charge is -2.33. The van der Waals surface area contributed by atoms with Gasteiger partial charge in [0.2, 0.25) is 28.6 Å². The van der Waals surface area contributed by atoms with Crippen molar-refractivity contribution in [2.75, 3.05) is 53.2 Å². The Labute approximate surface area is 760 Å². The van der Waals surface area contributed by atoms with Gasteiger partial charge in [0.15, 0.2) is 33.7 Å². The number of aromatic nitrogens is 6. The molecule has 11 aromatic heterocycles. The summed E-state index contributed by atoms with van der Waals surface area (Å²) < 4.78 is 105. The Kier molecular flexibility index (Phi) is 18.5. The molecule has 21 heteroatoms. The number of pyridine rings is 6. The van der Waals surface area contributed by atoms with E-state index in [0.717, 1.165) is 178 Å². The molecule has 0 bridgehead atoms. The summed E-state index contributed by atoms with van der Waals surface area (Å²) in [4.78, 5) is 47.1. The average Bonchev–Trinajstić information content (AvgIpc) is 1.61. The second kappa shape index (κ2) is 32.4. The van der Waals surface area contributed by atoms with Crippen LogP contribution in [0.4, 0.5) is 62.7 Å². The molecule has 5 aliphatic rings. The van der Waals surface area contributed by atoms with E-state index in [0.29, 0.717) is 51.3 Å². The van der Waals surface area contributed by atoms with Gasteiger partial charge in [-0.1, -0.05) is 84.9 Å². The van der Waals surface area contributed by atoms with E-state index in [-0.39, 0.29) is 18.5 Å². The van der Waals surface area contributed by atoms with Crippen LogP contribution in [0.25, 0.3) is 110 Å². The topological polar surface area (TPSA) is 175 Å². The van der Waals surface area contributed by atoms with Gasteiger partial charge in [-0.25, -0.2) is 29.9 Å². The van der Waals surface area contributed by atoms with Gasteiger partial charge in [-0.3, -0.25) is 0 Å². The van der Waals surface area contributed by atoms with Crippen LogP contribution in [0.3, 0.4) is 0 Å². The highest BCUT2D eigenvalue weighted by Crippen LogP contribution is 2.53. The lowest BCUT2D eigenvalue weighted by Crippen LogP contribution is -2.42. The SMILES string of the molecule is [2H]C(C)(C)N1C=CN(c2c(C)ccc3c2oc2nc(C)ccc23)C1C.[2H]C(C)(C)N1C=CN(c2c(C)ccc3c2oc2nc(C)ccc23)C1C.[2H]C(C)(C)N1c2ccccc2N(c2c(C)ccc3c2oc2nc(C)ccc23)C1C.[2H]C([2H])([2H])N1c2ccccc2N(c2c(C)ccc3c2oc2nc(C)ccc23)C1C.[2H]C([2H])([2H])N1c2cccnc2N(c2c(C)ccc3c2oc2nc(C)ccc23)C1C. The van der Waals surface area contributed by atoms with E-state index >= 15 is 0 Å². The molecule has 21 nitrogen and oxygen atoms in total. The van der Waals surface area contributed by atoms with Gasteiger partial charge in [-0.15, -0.1) is 0 Å². The van der Waals surface area contributed by atoms with Crippen molar-refractivity contribution in [3.63, 3.8) is 0 Å². The molecule has 0 amide bonds. The van der Waals surface area contributed by atoms with E-state index < -0.39 is 44.3 Å². The summed E-state index contributed by atoms with van der Waals surface area (Å²) >= 11 is 0. The highest BCUT2D eigenvalue weighted by Gasteiger charge is 2.41. The van der Waals surface area contributed by atoms with E-state index in [9.17, 15) is 0 Å². The molecule has 0 N–H and O–H groups in total. The smallest absolute Gasteiger partial charge is 0.227 e. The second-order valence-electron chi connectivity index (χ2n) is 34.8. The number of para-hydroxylation sites is 4. The number of hydrogen-bond acceptors (Lipinski definition) is 21. The molecule has 23 rings (SSSR count). The number of anilines is 11. The fraction of sp³-hybridized carbons (Fsp3) is 0.290. The van der Waals surface area contributed by atoms with Crippen LogP contribution in [-0.4, -0.2) is 103 Å². The van der Waals surface area contributed by atoms with Crippen molar-refractivity contribution >= 4 is 173 Å². The maximum Gasteiger partial charge on any atom is 0.227 e. The zero-order valence-corrected chi connectivity index (χ0v) is 76.3. The first kappa shape index (κ1) is 73.1. The third-order valence-electron chi connectivity index (χ3n) is 25.5. The molecule has 0 aliphatic carbocycles. The average molecular weight is 1710 g/mol. The van der Waals surface area contributed by atoms with E-state index in [1.807, 2.05) is 234 Å². The fourth-order valence-corrected chi connectivity index (χ4v) is 19.2. The maximum atomic E-state index is 8.74. The van der Waals surface area contributed by atoms with Gasteiger partial charge in [-0.2, -0.15) is 0 Å². The van der Waals surface area contributed by atoms with Gasteiger partial charge >= 0.3 is 0 Å². The van der Waals surface area contributed by atoms with Crippen molar-refractivity contribution in [1.82, 2.24) is 39.7 Å². The summed E-state index contributed by atoms with van der Waals surface area (Å²) in [6, 6.07) is 58.5.